The first-order chi connectivity index (χ1) is 18.0. The molecular formula is C32H44N2O3Si. The van der Waals surface area contributed by atoms with Crippen molar-refractivity contribution >= 4 is 31.3 Å². The molecule has 2 aromatic carbocycles. The third-order valence-corrected chi connectivity index (χ3v) is 13.0. The van der Waals surface area contributed by atoms with E-state index in [0.29, 0.717) is 6.04 Å². The van der Waals surface area contributed by atoms with Crippen LogP contribution in [0.5, 0.6) is 0 Å². The lowest BCUT2D eigenvalue weighted by molar-refractivity contribution is -0.134. The van der Waals surface area contributed by atoms with Crippen LogP contribution < -0.4 is 0 Å². The summed E-state index contributed by atoms with van der Waals surface area (Å²) in [7, 11) is -0.403. The van der Waals surface area contributed by atoms with Crippen molar-refractivity contribution in [1.29, 1.82) is 0 Å². The highest BCUT2D eigenvalue weighted by molar-refractivity contribution is 6.74. The normalized spacial score (nSPS) is 16.1. The quantitative estimate of drug-likeness (QED) is 0.170. The number of aryl methyl sites for hydroxylation is 2. The summed E-state index contributed by atoms with van der Waals surface area (Å²) in [6.07, 6.45) is 8.65. The Morgan fingerprint density at radius 3 is 2.68 bits per heavy atom. The number of nitrogens with zero attached hydrogens (tertiary/aromatic N) is 1. The van der Waals surface area contributed by atoms with Gasteiger partial charge in [-0.3, -0.25) is 4.90 Å². The Morgan fingerprint density at radius 2 is 1.95 bits per heavy atom. The predicted molar refractivity (Wildman–Crippen MR) is 160 cm³/mol. The molecular weight excluding hydrogens is 488 g/mol. The Morgan fingerprint density at radius 1 is 1.16 bits per heavy atom. The second-order valence-electron chi connectivity index (χ2n) is 12.1. The van der Waals surface area contributed by atoms with Crippen LogP contribution in [0.4, 0.5) is 0 Å². The molecule has 0 saturated carbocycles. The minimum atomic E-state index is -1.81. The van der Waals surface area contributed by atoms with Gasteiger partial charge in [-0.25, -0.2) is 4.79 Å². The molecule has 1 aliphatic rings. The maximum Gasteiger partial charge on any atom is 0.330 e. The van der Waals surface area contributed by atoms with E-state index in [-0.39, 0.29) is 11.0 Å². The molecule has 0 spiro atoms. The summed E-state index contributed by atoms with van der Waals surface area (Å²) < 4.78 is 11.4. The minimum Gasteiger partial charge on any atom is -0.466 e. The molecule has 1 aliphatic carbocycles. The van der Waals surface area contributed by atoms with Crippen LogP contribution in [-0.4, -0.2) is 51.0 Å². The number of aromatic nitrogens is 1. The van der Waals surface area contributed by atoms with Crippen molar-refractivity contribution in [2.75, 3.05) is 26.8 Å². The van der Waals surface area contributed by atoms with E-state index in [1.165, 1.54) is 46.3 Å². The number of hydrogen-bond donors (Lipinski definition) is 1. The van der Waals surface area contributed by atoms with Crippen LogP contribution >= 0.6 is 0 Å². The molecule has 0 aliphatic heterocycles. The fourth-order valence-electron chi connectivity index (χ4n) is 5.16. The first-order valence-corrected chi connectivity index (χ1v) is 16.7. The van der Waals surface area contributed by atoms with Crippen LogP contribution in [0.3, 0.4) is 0 Å². The van der Waals surface area contributed by atoms with Crippen LogP contribution in [0.2, 0.25) is 18.1 Å². The molecule has 0 saturated heterocycles. The Balaban J connectivity index is 1.53. The van der Waals surface area contributed by atoms with Gasteiger partial charge in [0.15, 0.2) is 8.32 Å². The van der Waals surface area contributed by atoms with Crippen LogP contribution in [-0.2, 0) is 26.8 Å². The molecule has 6 heteroatoms. The summed E-state index contributed by atoms with van der Waals surface area (Å²) in [5, 5.41) is 1.52. The highest BCUT2D eigenvalue weighted by atomic mass is 28.4. The van der Waals surface area contributed by atoms with E-state index in [9.17, 15) is 4.79 Å². The molecule has 0 fully saturated rings. The molecule has 0 amide bonds. The van der Waals surface area contributed by atoms with Gasteiger partial charge in [0, 0.05) is 48.9 Å². The molecule has 1 atom stereocenters. The molecule has 38 heavy (non-hydrogen) atoms. The highest BCUT2D eigenvalue weighted by Gasteiger charge is 2.37. The average molecular weight is 533 g/mol. The number of esters is 1. The van der Waals surface area contributed by atoms with Gasteiger partial charge >= 0.3 is 5.97 Å². The highest BCUT2D eigenvalue weighted by Crippen LogP contribution is 2.38. The number of benzene rings is 2. The third kappa shape index (κ3) is 6.48. The Hall–Kier alpha value is -2.67. The van der Waals surface area contributed by atoms with E-state index in [1.807, 2.05) is 6.08 Å². The van der Waals surface area contributed by atoms with E-state index in [4.69, 9.17) is 9.16 Å². The zero-order valence-corrected chi connectivity index (χ0v) is 25.2. The second kappa shape index (κ2) is 11.6. The number of aromatic amines is 1. The van der Waals surface area contributed by atoms with Crippen molar-refractivity contribution in [1.82, 2.24) is 9.88 Å². The lowest BCUT2D eigenvalue weighted by Gasteiger charge is -2.37. The van der Waals surface area contributed by atoms with Gasteiger partial charge in [-0.2, -0.15) is 0 Å². The average Bonchev–Trinajstić information content (AvgIpc) is 3.47. The summed E-state index contributed by atoms with van der Waals surface area (Å²) in [6, 6.07) is 13.6. The number of rotatable bonds is 10. The minimum absolute atomic E-state index is 0.202. The maximum atomic E-state index is 11.5. The van der Waals surface area contributed by atoms with Gasteiger partial charge in [0.25, 0.3) is 0 Å². The third-order valence-electron chi connectivity index (χ3n) is 8.51. The number of H-pyrrole nitrogens is 1. The second-order valence-corrected chi connectivity index (χ2v) is 16.9. The number of carbonyl (C=O) groups excluding carboxylic acids is 1. The van der Waals surface area contributed by atoms with Gasteiger partial charge in [0.1, 0.15) is 0 Å². The van der Waals surface area contributed by atoms with E-state index < -0.39 is 8.32 Å². The fraction of sp³-hybridized carbons (Fsp3) is 0.469. The van der Waals surface area contributed by atoms with Crippen LogP contribution in [0.25, 0.3) is 17.0 Å². The molecule has 5 nitrogen and oxygen atoms in total. The first kappa shape index (κ1) is 28.3. The zero-order valence-electron chi connectivity index (χ0n) is 24.2. The zero-order chi connectivity index (χ0) is 27.5. The molecule has 1 heterocycles. The van der Waals surface area contributed by atoms with Crippen LogP contribution in [0, 0.1) is 6.92 Å². The molecule has 3 aromatic rings. The molecule has 1 unspecified atom stereocenters. The molecule has 4 rings (SSSR count). The summed E-state index contributed by atoms with van der Waals surface area (Å²) >= 11 is 0. The van der Waals surface area contributed by atoms with Crippen molar-refractivity contribution < 1.29 is 14.0 Å². The maximum absolute atomic E-state index is 11.5. The number of carbonyl (C=O) groups is 1. The number of methoxy groups -OCH3 is 1. The standard InChI is InChI=1S/C32H44N2O3Si/c1-23-8-12-27-26(22-33-29(27)20-23)16-17-34(18-19-37-38(6,7)32(2,3)4)30-14-11-25-21-24(9-13-28(25)30)10-15-31(35)36-5/h8-10,12-13,15,20-22,30,33H,11,14,16-19H2,1-7H3/b15-10+. The predicted octanol–water partition coefficient (Wildman–Crippen LogP) is 7.22. The lowest BCUT2D eigenvalue weighted by Crippen LogP contribution is -2.43. The fourth-order valence-corrected chi connectivity index (χ4v) is 6.19. The Labute approximate surface area is 229 Å². The molecule has 1 aromatic heterocycles. The van der Waals surface area contributed by atoms with Gasteiger partial charge in [-0.1, -0.05) is 51.1 Å². The van der Waals surface area contributed by atoms with Crippen molar-refractivity contribution in [3.63, 3.8) is 0 Å². The van der Waals surface area contributed by atoms with Gasteiger partial charge in [-0.15, -0.1) is 0 Å². The summed E-state index contributed by atoms with van der Waals surface area (Å²) in [5.41, 5.74) is 7.68. The Bertz CT molecular complexity index is 1300. The van der Waals surface area contributed by atoms with E-state index in [1.54, 1.807) is 0 Å². The monoisotopic (exact) mass is 532 g/mol. The van der Waals surface area contributed by atoms with E-state index >= 15 is 0 Å². The lowest BCUT2D eigenvalue weighted by atomic mass is 10.0. The molecule has 1 N–H and O–H groups in total. The van der Waals surface area contributed by atoms with Crippen molar-refractivity contribution in [2.24, 2.45) is 0 Å². The smallest absolute Gasteiger partial charge is 0.330 e. The summed E-state index contributed by atoms with van der Waals surface area (Å²) in [5.74, 6) is -0.330. The molecule has 0 bridgehead atoms. The van der Waals surface area contributed by atoms with Crippen molar-refractivity contribution in [3.05, 3.63) is 76.5 Å². The van der Waals surface area contributed by atoms with Gasteiger partial charge in [-0.05, 0) is 84.3 Å². The van der Waals surface area contributed by atoms with E-state index in [0.717, 1.165) is 44.5 Å². The Kier molecular flexibility index (Phi) is 8.65. The topological polar surface area (TPSA) is 54.6 Å². The largest absolute Gasteiger partial charge is 0.466 e. The number of nitrogens with one attached hydrogen (secondary N) is 1. The van der Waals surface area contributed by atoms with E-state index in [2.05, 4.69) is 93.3 Å². The SMILES string of the molecule is COC(=O)/C=C/c1ccc2c(c1)CCC2N(CCO[Si](C)(C)C(C)(C)C)CCc1c[nH]c2cc(C)ccc12. The summed E-state index contributed by atoms with van der Waals surface area (Å²) in [6.45, 7) is 16.4. The number of ether oxygens (including phenoxy) is 1. The molecule has 204 valence electrons. The van der Waals surface area contributed by atoms with Crippen LogP contribution in [0.15, 0.2) is 48.7 Å². The van der Waals surface area contributed by atoms with Gasteiger partial charge < -0.3 is 14.1 Å². The number of fused-ring (bicyclic) bond motifs is 2. The number of hydrogen-bond acceptors (Lipinski definition) is 4. The van der Waals surface area contributed by atoms with Crippen molar-refractivity contribution in [3.8, 4) is 0 Å². The van der Waals surface area contributed by atoms with Gasteiger partial charge in [0.05, 0.1) is 7.11 Å². The van der Waals surface area contributed by atoms with Crippen molar-refractivity contribution in [2.45, 2.75) is 71.1 Å². The first-order valence-electron chi connectivity index (χ1n) is 13.8. The van der Waals surface area contributed by atoms with Crippen LogP contribution in [0.1, 0.15) is 61.1 Å². The van der Waals surface area contributed by atoms with Gasteiger partial charge in [0.2, 0.25) is 0 Å². The molecule has 0 radical (unpaired) electrons. The summed E-state index contributed by atoms with van der Waals surface area (Å²) in [4.78, 5) is 17.6.